The summed E-state index contributed by atoms with van der Waals surface area (Å²) in [6, 6.07) is -0.907. The molecule has 0 aliphatic heterocycles. The first-order chi connectivity index (χ1) is 31.0. The number of likely N-dealkylation sites (N-methyl/N-ethyl adjacent to an activating group) is 1. The third-order valence-corrected chi connectivity index (χ3v) is 13.3. The molecule has 0 saturated carbocycles. The van der Waals surface area contributed by atoms with Gasteiger partial charge in [-0.1, -0.05) is 243 Å². The molecule has 0 fully saturated rings. The van der Waals surface area contributed by atoms with Gasteiger partial charge >= 0.3 is 0 Å². The highest BCUT2D eigenvalue weighted by Crippen LogP contribution is 2.38. The molecule has 1 amide bonds. The Morgan fingerprint density at radius 2 is 0.875 bits per heavy atom. The number of aliphatic hydroxyl groups is 1. The summed E-state index contributed by atoms with van der Waals surface area (Å²) >= 11 is 0. The summed E-state index contributed by atoms with van der Waals surface area (Å²) in [7, 11) is 1.24. The lowest BCUT2D eigenvalue weighted by Gasteiger charge is -2.29. The first-order valence-electron chi connectivity index (χ1n) is 27.4. The first-order valence-corrected chi connectivity index (χ1v) is 28.8. The molecule has 0 aliphatic carbocycles. The largest absolute Gasteiger partial charge is 0.756 e. The maximum atomic E-state index is 12.9. The van der Waals surface area contributed by atoms with E-state index in [0.717, 1.165) is 44.9 Å². The van der Waals surface area contributed by atoms with Crippen LogP contribution in [0.3, 0.4) is 0 Å². The molecule has 0 aromatic rings. The van der Waals surface area contributed by atoms with Crippen LogP contribution in [0.4, 0.5) is 0 Å². The highest BCUT2D eigenvalue weighted by Gasteiger charge is 2.23. The van der Waals surface area contributed by atoms with E-state index in [-0.39, 0.29) is 12.5 Å². The maximum absolute atomic E-state index is 12.9. The molecular formula is C55H107N2O6P. The van der Waals surface area contributed by atoms with Crippen LogP contribution in [-0.4, -0.2) is 68.5 Å². The minimum atomic E-state index is -4.60. The zero-order valence-electron chi connectivity index (χ0n) is 43.0. The van der Waals surface area contributed by atoms with E-state index in [1.165, 1.54) is 193 Å². The minimum absolute atomic E-state index is 0.00750. The number of quaternary nitrogens is 1. The molecule has 2 N–H and O–H groups in total. The van der Waals surface area contributed by atoms with Gasteiger partial charge in [0, 0.05) is 6.42 Å². The van der Waals surface area contributed by atoms with Crippen molar-refractivity contribution in [2.45, 2.75) is 270 Å². The number of hydrogen-bond acceptors (Lipinski definition) is 6. The molecule has 0 spiro atoms. The molecule has 0 radical (unpaired) electrons. The molecule has 0 heterocycles. The Kier molecular flexibility index (Phi) is 45.9. The van der Waals surface area contributed by atoms with Crippen LogP contribution < -0.4 is 10.2 Å². The topological polar surface area (TPSA) is 108 Å². The van der Waals surface area contributed by atoms with Crippen LogP contribution in [0, 0.1) is 0 Å². The third-order valence-electron chi connectivity index (χ3n) is 12.3. The number of unbranched alkanes of at least 4 members (excludes halogenated alkanes) is 33. The van der Waals surface area contributed by atoms with Crippen molar-refractivity contribution in [3.8, 4) is 0 Å². The SMILES string of the molecule is CCCCCCCCCC/C=C/CC/C=C/CC/C=C/C(O)C(COP(=O)([O-])OCC[N+](C)(C)C)NC(=O)CCCCCCCCCCCCCCCCCCCCCCCCCC. The van der Waals surface area contributed by atoms with E-state index in [4.69, 9.17) is 9.05 Å². The van der Waals surface area contributed by atoms with Gasteiger partial charge in [0.05, 0.1) is 39.9 Å². The molecule has 0 saturated heterocycles. The van der Waals surface area contributed by atoms with E-state index in [0.29, 0.717) is 17.4 Å². The van der Waals surface area contributed by atoms with Gasteiger partial charge in [0.25, 0.3) is 7.82 Å². The summed E-state index contributed by atoms with van der Waals surface area (Å²) in [5.74, 6) is -0.207. The number of phosphoric acid groups is 1. The van der Waals surface area contributed by atoms with Gasteiger partial charge in [-0.15, -0.1) is 0 Å². The van der Waals surface area contributed by atoms with Gasteiger partial charge < -0.3 is 28.8 Å². The maximum Gasteiger partial charge on any atom is 0.268 e. The Balaban J connectivity index is 4.26. The van der Waals surface area contributed by atoms with Crippen LogP contribution in [0.5, 0.6) is 0 Å². The molecule has 64 heavy (non-hydrogen) atoms. The van der Waals surface area contributed by atoms with Crippen molar-refractivity contribution in [2.24, 2.45) is 0 Å². The second kappa shape index (κ2) is 46.8. The number of nitrogens with one attached hydrogen (secondary N) is 1. The summed E-state index contributed by atoms with van der Waals surface area (Å²) in [5, 5.41) is 13.8. The minimum Gasteiger partial charge on any atom is -0.756 e. The monoisotopic (exact) mass is 923 g/mol. The van der Waals surface area contributed by atoms with Crippen molar-refractivity contribution in [1.29, 1.82) is 0 Å². The highest BCUT2D eigenvalue weighted by molar-refractivity contribution is 7.45. The van der Waals surface area contributed by atoms with Crippen LogP contribution in [0.2, 0.25) is 0 Å². The van der Waals surface area contributed by atoms with Gasteiger partial charge in [0.2, 0.25) is 5.91 Å². The molecule has 0 aromatic heterocycles. The predicted octanol–water partition coefficient (Wildman–Crippen LogP) is 15.6. The van der Waals surface area contributed by atoms with Crippen molar-refractivity contribution >= 4 is 13.7 Å². The van der Waals surface area contributed by atoms with E-state index in [2.05, 4.69) is 43.5 Å². The summed E-state index contributed by atoms with van der Waals surface area (Å²) in [6.45, 7) is 4.64. The van der Waals surface area contributed by atoms with Gasteiger partial charge in [-0.2, -0.15) is 0 Å². The van der Waals surface area contributed by atoms with E-state index in [9.17, 15) is 19.4 Å². The number of hydrogen-bond donors (Lipinski definition) is 2. The van der Waals surface area contributed by atoms with E-state index < -0.39 is 26.6 Å². The van der Waals surface area contributed by atoms with Gasteiger partial charge in [0.15, 0.2) is 0 Å². The van der Waals surface area contributed by atoms with Crippen LogP contribution in [0.15, 0.2) is 36.5 Å². The number of phosphoric ester groups is 1. The number of aliphatic hydroxyl groups excluding tert-OH is 1. The average Bonchev–Trinajstić information content (AvgIpc) is 3.25. The van der Waals surface area contributed by atoms with Gasteiger partial charge in [-0.05, 0) is 44.9 Å². The van der Waals surface area contributed by atoms with Gasteiger partial charge in [-0.25, -0.2) is 0 Å². The lowest BCUT2D eigenvalue weighted by molar-refractivity contribution is -0.870. The number of amides is 1. The van der Waals surface area contributed by atoms with E-state index >= 15 is 0 Å². The summed E-state index contributed by atoms with van der Waals surface area (Å²) < 4.78 is 23.3. The fraction of sp³-hybridized carbons (Fsp3) is 0.873. The zero-order valence-corrected chi connectivity index (χ0v) is 43.9. The molecule has 3 unspecified atom stereocenters. The fourth-order valence-electron chi connectivity index (χ4n) is 8.01. The smallest absolute Gasteiger partial charge is 0.268 e. The standard InChI is InChI=1S/C55H107N2O6P/c1-6-8-10-12-14-16-18-20-22-24-26-27-28-29-30-31-33-35-37-39-41-43-45-47-49-55(59)56-53(52-63-64(60,61)62-51-50-57(3,4)5)54(58)48-46-44-42-40-38-36-34-32-25-23-21-19-17-15-13-11-9-7-2/h25,32,38,40,46,48,53-54,58H,6-24,26-31,33-37,39,41-45,47,49-52H2,1-5H3,(H-,56,59,60,61)/b32-25+,40-38+,48-46+. The van der Waals surface area contributed by atoms with Crippen LogP contribution in [0.25, 0.3) is 0 Å². The molecular weight excluding hydrogens is 816 g/mol. The second-order valence-electron chi connectivity index (χ2n) is 19.9. The average molecular weight is 923 g/mol. The van der Waals surface area contributed by atoms with E-state index in [1.807, 2.05) is 27.2 Å². The summed E-state index contributed by atoms with van der Waals surface area (Å²) in [6.07, 6.45) is 59.3. The first kappa shape index (κ1) is 62.7. The van der Waals surface area contributed by atoms with Crippen LogP contribution in [0.1, 0.15) is 258 Å². The van der Waals surface area contributed by atoms with Gasteiger partial charge in [0.1, 0.15) is 13.2 Å². The number of rotatable bonds is 50. The Morgan fingerprint density at radius 3 is 1.27 bits per heavy atom. The normalized spacial score (nSPS) is 14.3. The molecule has 0 rings (SSSR count). The van der Waals surface area contributed by atoms with Crippen LogP contribution >= 0.6 is 7.82 Å². The summed E-state index contributed by atoms with van der Waals surface area (Å²) in [4.78, 5) is 25.4. The van der Waals surface area contributed by atoms with E-state index in [1.54, 1.807) is 6.08 Å². The molecule has 0 bridgehead atoms. The van der Waals surface area contributed by atoms with Gasteiger partial charge in [-0.3, -0.25) is 9.36 Å². The Hall–Kier alpha value is -1.28. The quantitative estimate of drug-likeness (QED) is 0.0272. The molecule has 378 valence electrons. The molecule has 0 aliphatic rings. The number of carbonyl (C=O) groups is 1. The Bertz CT molecular complexity index is 1140. The predicted molar refractivity (Wildman–Crippen MR) is 275 cm³/mol. The lowest BCUT2D eigenvalue weighted by atomic mass is 10.0. The number of nitrogens with zero attached hydrogens (tertiary/aromatic N) is 1. The van der Waals surface area contributed by atoms with Crippen molar-refractivity contribution in [3.05, 3.63) is 36.5 Å². The Labute approximate surface area is 397 Å². The van der Waals surface area contributed by atoms with Crippen molar-refractivity contribution in [2.75, 3.05) is 40.9 Å². The van der Waals surface area contributed by atoms with Crippen LogP contribution in [-0.2, 0) is 18.4 Å². The second-order valence-corrected chi connectivity index (χ2v) is 21.3. The Morgan fingerprint density at radius 1 is 0.531 bits per heavy atom. The number of allylic oxidation sites excluding steroid dienone is 5. The molecule has 8 nitrogen and oxygen atoms in total. The highest BCUT2D eigenvalue weighted by atomic mass is 31.2. The lowest BCUT2D eigenvalue weighted by Crippen LogP contribution is -2.45. The molecule has 0 aromatic carbocycles. The van der Waals surface area contributed by atoms with Crippen molar-refractivity contribution < 1.29 is 32.9 Å². The number of carbonyl (C=O) groups excluding carboxylic acids is 1. The summed E-state index contributed by atoms with van der Waals surface area (Å²) in [5.41, 5.74) is 0. The molecule has 3 atom stereocenters. The molecule has 9 heteroatoms. The third kappa shape index (κ3) is 48.6. The zero-order chi connectivity index (χ0) is 47.1. The van der Waals surface area contributed by atoms with Crippen molar-refractivity contribution in [3.63, 3.8) is 0 Å². The van der Waals surface area contributed by atoms with Crippen molar-refractivity contribution in [1.82, 2.24) is 5.32 Å². The fourth-order valence-corrected chi connectivity index (χ4v) is 8.73.